The zero-order chi connectivity index (χ0) is 15.9. The Morgan fingerprint density at radius 2 is 1.70 bits per heavy atom. The number of fused-ring (bicyclic) bond motifs is 1. The molecule has 2 aliphatic heterocycles. The number of hydrogen-bond donors (Lipinski definition) is 0. The molecule has 0 atom stereocenters. The van der Waals surface area contributed by atoms with Crippen molar-refractivity contribution in [2.45, 2.75) is 57.9 Å². The molecule has 3 heteroatoms. The molecular weight excluding hydrogens is 284 g/mol. The third-order valence-corrected chi connectivity index (χ3v) is 5.30. The van der Waals surface area contributed by atoms with E-state index >= 15 is 0 Å². The number of carbonyl (C=O) groups is 1. The molecule has 126 valence electrons. The van der Waals surface area contributed by atoms with Crippen molar-refractivity contribution in [2.75, 3.05) is 26.2 Å². The standard InChI is InChI=1S/C20H30N2O/c23-20(11-3-1-6-13-21-14-7-2-8-15-21)22-16-12-18-9-4-5-10-19(18)17-22/h4-5,9-10H,1-3,6-8,11-17H2. The maximum Gasteiger partial charge on any atom is 0.222 e. The van der Waals surface area contributed by atoms with Crippen molar-refractivity contribution in [1.29, 1.82) is 0 Å². The summed E-state index contributed by atoms with van der Waals surface area (Å²) in [5, 5.41) is 0. The van der Waals surface area contributed by atoms with Gasteiger partial charge in [0.1, 0.15) is 0 Å². The van der Waals surface area contributed by atoms with Crippen LogP contribution in [0.1, 0.15) is 56.1 Å². The van der Waals surface area contributed by atoms with E-state index in [1.807, 2.05) is 4.90 Å². The second kappa shape index (κ2) is 8.49. The minimum Gasteiger partial charge on any atom is -0.338 e. The molecule has 0 radical (unpaired) electrons. The Kier molecular flexibility index (Phi) is 6.09. The lowest BCUT2D eigenvalue weighted by Gasteiger charge is -2.29. The van der Waals surface area contributed by atoms with Gasteiger partial charge in [-0.3, -0.25) is 4.79 Å². The Hall–Kier alpha value is -1.35. The summed E-state index contributed by atoms with van der Waals surface area (Å²) in [4.78, 5) is 17.0. The first-order valence-electron chi connectivity index (χ1n) is 9.40. The SMILES string of the molecule is O=C(CCCCCN1CCCCC1)N1CCc2ccccc2C1. The molecule has 0 unspecified atom stereocenters. The van der Waals surface area contributed by atoms with Crippen LogP contribution in [0, 0.1) is 0 Å². The highest BCUT2D eigenvalue weighted by Crippen LogP contribution is 2.19. The van der Waals surface area contributed by atoms with E-state index in [0.717, 1.165) is 32.4 Å². The van der Waals surface area contributed by atoms with Crippen LogP contribution >= 0.6 is 0 Å². The van der Waals surface area contributed by atoms with Gasteiger partial charge in [0.25, 0.3) is 0 Å². The highest BCUT2D eigenvalue weighted by atomic mass is 16.2. The van der Waals surface area contributed by atoms with Crippen LogP contribution in [0.5, 0.6) is 0 Å². The van der Waals surface area contributed by atoms with Crippen LogP contribution in [0.25, 0.3) is 0 Å². The van der Waals surface area contributed by atoms with Gasteiger partial charge in [-0.2, -0.15) is 0 Å². The minimum absolute atomic E-state index is 0.345. The number of piperidine rings is 1. The lowest BCUT2D eigenvalue weighted by molar-refractivity contribution is -0.132. The predicted molar refractivity (Wildman–Crippen MR) is 94.3 cm³/mol. The van der Waals surface area contributed by atoms with Gasteiger partial charge in [0.2, 0.25) is 5.91 Å². The molecule has 0 saturated carbocycles. The van der Waals surface area contributed by atoms with Crippen LogP contribution in [0.2, 0.25) is 0 Å². The van der Waals surface area contributed by atoms with E-state index in [2.05, 4.69) is 29.2 Å². The third kappa shape index (κ3) is 4.81. The van der Waals surface area contributed by atoms with E-state index in [-0.39, 0.29) is 0 Å². The fraction of sp³-hybridized carbons (Fsp3) is 0.650. The largest absolute Gasteiger partial charge is 0.338 e. The molecule has 3 rings (SSSR count). The number of rotatable bonds is 6. The lowest BCUT2D eigenvalue weighted by Crippen LogP contribution is -2.35. The summed E-state index contributed by atoms with van der Waals surface area (Å²) in [6.07, 6.45) is 9.36. The molecule has 0 N–H and O–H groups in total. The van der Waals surface area contributed by atoms with Crippen molar-refractivity contribution < 1.29 is 4.79 Å². The number of benzene rings is 1. The van der Waals surface area contributed by atoms with Gasteiger partial charge in [0.15, 0.2) is 0 Å². The van der Waals surface area contributed by atoms with E-state index in [0.29, 0.717) is 5.91 Å². The lowest BCUT2D eigenvalue weighted by atomic mass is 9.99. The number of nitrogens with zero attached hydrogens (tertiary/aromatic N) is 2. The second-order valence-corrected chi connectivity index (χ2v) is 7.05. The van der Waals surface area contributed by atoms with Gasteiger partial charge >= 0.3 is 0 Å². The molecule has 1 aromatic rings. The molecule has 1 amide bonds. The Bertz CT molecular complexity index is 508. The fourth-order valence-corrected chi connectivity index (χ4v) is 3.84. The second-order valence-electron chi connectivity index (χ2n) is 7.05. The van der Waals surface area contributed by atoms with Gasteiger partial charge in [-0.15, -0.1) is 0 Å². The van der Waals surface area contributed by atoms with Crippen molar-refractivity contribution in [3.05, 3.63) is 35.4 Å². The van der Waals surface area contributed by atoms with E-state index in [9.17, 15) is 4.79 Å². The molecule has 3 nitrogen and oxygen atoms in total. The van der Waals surface area contributed by atoms with E-state index in [4.69, 9.17) is 0 Å². The fourth-order valence-electron chi connectivity index (χ4n) is 3.84. The maximum atomic E-state index is 12.4. The summed E-state index contributed by atoms with van der Waals surface area (Å²) in [7, 11) is 0. The zero-order valence-electron chi connectivity index (χ0n) is 14.3. The molecule has 1 saturated heterocycles. The summed E-state index contributed by atoms with van der Waals surface area (Å²) < 4.78 is 0. The Balaban J connectivity index is 1.32. The molecule has 1 aromatic carbocycles. The van der Waals surface area contributed by atoms with Gasteiger partial charge in [0, 0.05) is 19.5 Å². The van der Waals surface area contributed by atoms with E-state index in [1.54, 1.807) is 0 Å². The highest BCUT2D eigenvalue weighted by Gasteiger charge is 2.19. The first-order valence-corrected chi connectivity index (χ1v) is 9.40. The van der Waals surface area contributed by atoms with Gasteiger partial charge in [-0.25, -0.2) is 0 Å². The van der Waals surface area contributed by atoms with Crippen LogP contribution in [0.3, 0.4) is 0 Å². The average Bonchev–Trinajstić information content (AvgIpc) is 2.61. The number of carbonyl (C=O) groups excluding carboxylic acids is 1. The van der Waals surface area contributed by atoms with Gasteiger partial charge in [0.05, 0.1) is 0 Å². The molecule has 0 aliphatic carbocycles. The monoisotopic (exact) mass is 314 g/mol. The summed E-state index contributed by atoms with van der Waals surface area (Å²) in [5.41, 5.74) is 2.75. The van der Waals surface area contributed by atoms with E-state index in [1.165, 1.54) is 62.9 Å². The predicted octanol–water partition coefficient (Wildman–Crippen LogP) is 3.62. The Labute approximate surface area is 140 Å². The van der Waals surface area contributed by atoms with Crippen LogP contribution < -0.4 is 0 Å². The van der Waals surface area contributed by atoms with Crippen LogP contribution in [-0.4, -0.2) is 41.9 Å². The quantitative estimate of drug-likeness (QED) is 0.749. The Morgan fingerprint density at radius 1 is 0.913 bits per heavy atom. The number of hydrogen-bond acceptors (Lipinski definition) is 2. The molecule has 2 heterocycles. The number of unbranched alkanes of at least 4 members (excludes halogenated alkanes) is 2. The van der Waals surface area contributed by atoms with Gasteiger partial charge < -0.3 is 9.80 Å². The number of amides is 1. The highest BCUT2D eigenvalue weighted by molar-refractivity contribution is 5.76. The van der Waals surface area contributed by atoms with Crippen molar-refractivity contribution in [3.63, 3.8) is 0 Å². The molecular formula is C20H30N2O. The summed E-state index contributed by atoms with van der Waals surface area (Å²) >= 11 is 0. The minimum atomic E-state index is 0.345. The van der Waals surface area contributed by atoms with Crippen LogP contribution in [0.15, 0.2) is 24.3 Å². The van der Waals surface area contributed by atoms with Crippen molar-refractivity contribution in [3.8, 4) is 0 Å². The molecule has 2 aliphatic rings. The van der Waals surface area contributed by atoms with Crippen molar-refractivity contribution in [1.82, 2.24) is 9.80 Å². The maximum absolute atomic E-state index is 12.4. The normalized spacial score (nSPS) is 18.7. The zero-order valence-corrected chi connectivity index (χ0v) is 14.3. The molecule has 1 fully saturated rings. The topological polar surface area (TPSA) is 23.6 Å². The number of likely N-dealkylation sites (tertiary alicyclic amines) is 1. The molecule has 0 aromatic heterocycles. The average molecular weight is 314 g/mol. The van der Waals surface area contributed by atoms with Crippen LogP contribution in [0.4, 0.5) is 0 Å². The third-order valence-electron chi connectivity index (χ3n) is 5.30. The van der Waals surface area contributed by atoms with E-state index < -0.39 is 0 Å². The Morgan fingerprint density at radius 3 is 2.52 bits per heavy atom. The van der Waals surface area contributed by atoms with Crippen molar-refractivity contribution in [2.24, 2.45) is 0 Å². The summed E-state index contributed by atoms with van der Waals surface area (Å²) in [5.74, 6) is 0.345. The van der Waals surface area contributed by atoms with Gasteiger partial charge in [-0.1, -0.05) is 37.1 Å². The smallest absolute Gasteiger partial charge is 0.222 e. The summed E-state index contributed by atoms with van der Waals surface area (Å²) in [6.45, 7) is 5.50. The molecule has 0 spiro atoms. The molecule has 23 heavy (non-hydrogen) atoms. The van der Waals surface area contributed by atoms with Crippen molar-refractivity contribution >= 4 is 5.91 Å². The first-order chi connectivity index (χ1) is 11.3. The van der Waals surface area contributed by atoms with Crippen LogP contribution in [-0.2, 0) is 17.8 Å². The molecule has 0 bridgehead atoms. The summed E-state index contributed by atoms with van der Waals surface area (Å²) in [6, 6.07) is 8.52. The van der Waals surface area contributed by atoms with Gasteiger partial charge in [-0.05, 0) is 62.9 Å². The first kappa shape index (κ1) is 16.5.